The minimum absolute atomic E-state index is 0. The van der Waals surface area contributed by atoms with Gasteiger partial charge in [0.25, 0.3) is 8.05 Å². The van der Waals surface area contributed by atoms with Crippen LogP contribution in [0.25, 0.3) is 0 Å². The molecular formula is C8H19BLiO4P. The molecule has 0 aromatic carbocycles. The fraction of sp³-hybridized carbons (Fsp3) is 1.00. The smallest absolute Gasteiger partial charge is 1.00 e. The molecule has 15 heavy (non-hydrogen) atoms. The molecule has 0 heterocycles. The number of hydrogen-bond acceptors (Lipinski definition) is 4. The van der Waals surface area contributed by atoms with Crippen molar-refractivity contribution in [2.24, 2.45) is 11.8 Å². The number of rotatable bonds is 7. The summed E-state index contributed by atoms with van der Waals surface area (Å²) in [6, 6.07) is 0. The van der Waals surface area contributed by atoms with Gasteiger partial charge < -0.3 is 5.87 Å². The van der Waals surface area contributed by atoms with Crippen LogP contribution in [0.4, 0.5) is 0 Å². The molecule has 84 valence electrons. The molecule has 0 aliphatic rings. The summed E-state index contributed by atoms with van der Waals surface area (Å²) in [5, 5.41) is 0. The monoisotopic (exact) mass is 228 g/mol. The fourth-order valence-electron chi connectivity index (χ4n) is 0.579. The van der Waals surface area contributed by atoms with Crippen molar-refractivity contribution in [3.05, 3.63) is 0 Å². The Morgan fingerprint density at radius 1 is 1.13 bits per heavy atom. The third-order valence-corrected chi connectivity index (χ3v) is 2.45. The summed E-state index contributed by atoms with van der Waals surface area (Å²) >= 11 is 0. The maximum absolute atomic E-state index is 11.6. The summed E-state index contributed by atoms with van der Waals surface area (Å²) in [4.78, 5) is 0. The van der Waals surface area contributed by atoms with Gasteiger partial charge >= 0.3 is 26.7 Å². The Hall–Kier alpha value is 0.772. The van der Waals surface area contributed by atoms with E-state index in [-0.39, 0.29) is 32.1 Å². The molecule has 0 amide bonds. The van der Waals surface area contributed by atoms with Gasteiger partial charge in [-0.15, -0.1) is 0 Å². The third-order valence-electron chi connectivity index (χ3n) is 1.26. The van der Waals surface area contributed by atoms with E-state index < -0.39 is 7.82 Å². The molecule has 4 nitrogen and oxygen atoms in total. The Balaban J connectivity index is -0.000000845. The van der Waals surface area contributed by atoms with E-state index in [4.69, 9.17) is 17.1 Å². The van der Waals surface area contributed by atoms with Gasteiger partial charge in [-0.25, -0.2) is 4.57 Å². The van der Waals surface area contributed by atoms with E-state index in [2.05, 4.69) is 4.44 Å². The van der Waals surface area contributed by atoms with Gasteiger partial charge in [-0.1, -0.05) is 27.7 Å². The van der Waals surface area contributed by atoms with Crippen LogP contribution in [0.2, 0.25) is 0 Å². The average Bonchev–Trinajstić information content (AvgIpc) is 2.11. The molecule has 0 bridgehead atoms. The molecular weight excluding hydrogens is 209 g/mol. The Kier molecular flexibility index (Phi) is 10.7. The van der Waals surface area contributed by atoms with Crippen LogP contribution < -0.4 is 18.9 Å². The van der Waals surface area contributed by atoms with Crippen molar-refractivity contribution < 1.29 is 38.3 Å². The normalized spacial score (nSPS) is 11.9. The van der Waals surface area contributed by atoms with Gasteiger partial charge in [0.2, 0.25) is 0 Å². The van der Waals surface area contributed by atoms with Crippen molar-refractivity contribution in [1.82, 2.24) is 0 Å². The van der Waals surface area contributed by atoms with Gasteiger partial charge in [0.15, 0.2) is 0 Å². The Labute approximate surface area is 107 Å². The number of phosphoric acid groups is 1. The van der Waals surface area contributed by atoms with E-state index in [9.17, 15) is 4.57 Å². The van der Waals surface area contributed by atoms with Crippen molar-refractivity contribution in [3.63, 3.8) is 0 Å². The SMILES string of the molecule is [B]OP(=O)(OCC(C)C)OCC(C)C.[H-].[Li+]. The van der Waals surface area contributed by atoms with Crippen molar-refractivity contribution in [2.45, 2.75) is 27.7 Å². The second-order valence-corrected chi connectivity index (χ2v) is 5.55. The zero-order chi connectivity index (χ0) is 11.2. The molecule has 7 heteroatoms. The van der Waals surface area contributed by atoms with Gasteiger partial charge in [-0.05, 0) is 11.8 Å². The van der Waals surface area contributed by atoms with Crippen molar-refractivity contribution >= 4 is 15.9 Å². The maximum Gasteiger partial charge on any atom is 1.00 e. The molecule has 0 fully saturated rings. The van der Waals surface area contributed by atoms with Gasteiger partial charge in [0.05, 0.1) is 13.2 Å². The fourth-order valence-corrected chi connectivity index (χ4v) is 1.74. The topological polar surface area (TPSA) is 44.8 Å². The molecule has 0 spiro atoms. The molecule has 0 aliphatic heterocycles. The van der Waals surface area contributed by atoms with Crippen LogP contribution in [-0.2, 0) is 18.1 Å². The van der Waals surface area contributed by atoms with Crippen LogP contribution in [0.3, 0.4) is 0 Å². The predicted octanol–water partition coefficient (Wildman–Crippen LogP) is -0.344. The van der Waals surface area contributed by atoms with E-state index in [1.165, 1.54) is 0 Å². The molecule has 0 saturated heterocycles. The van der Waals surface area contributed by atoms with Crippen molar-refractivity contribution in [1.29, 1.82) is 0 Å². The average molecular weight is 228 g/mol. The van der Waals surface area contributed by atoms with Gasteiger partial charge in [0.1, 0.15) is 0 Å². The molecule has 0 rings (SSSR count). The Morgan fingerprint density at radius 2 is 1.47 bits per heavy atom. The van der Waals surface area contributed by atoms with Crippen LogP contribution in [-0.4, -0.2) is 21.3 Å². The minimum Gasteiger partial charge on any atom is -1.00 e. The van der Waals surface area contributed by atoms with E-state index in [0.717, 1.165) is 0 Å². The third kappa shape index (κ3) is 9.69. The van der Waals surface area contributed by atoms with E-state index in [0.29, 0.717) is 13.2 Å². The number of hydrogen-bond donors (Lipinski definition) is 0. The molecule has 0 saturated carbocycles. The first-order valence-electron chi connectivity index (χ1n) is 4.67. The minimum atomic E-state index is -3.53. The zero-order valence-electron chi connectivity index (χ0n) is 11.2. The summed E-state index contributed by atoms with van der Waals surface area (Å²) in [6.45, 7) is 8.33. The van der Waals surface area contributed by atoms with Crippen molar-refractivity contribution in [2.75, 3.05) is 13.2 Å². The largest absolute Gasteiger partial charge is 1.00 e. The van der Waals surface area contributed by atoms with Crippen LogP contribution in [0, 0.1) is 11.8 Å². The maximum atomic E-state index is 11.6. The molecule has 0 aromatic heterocycles. The van der Waals surface area contributed by atoms with Gasteiger partial charge in [-0.2, -0.15) is 0 Å². The second kappa shape index (κ2) is 8.87. The quantitative estimate of drug-likeness (QED) is 0.441. The Bertz CT molecular complexity index is 190. The van der Waals surface area contributed by atoms with Crippen molar-refractivity contribution in [3.8, 4) is 0 Å². The second-order valence-electron chi connectivity index (χ2n) is 3.93. The molecule has 0 aliphatic carbocycles. The van der Waals surface area contributed by atoms with Crippen LogP contribution in [0.1, 0.15) is 29.1 Å². The zero-order valence-corrected chi connectivity index (χ0v) is 11.1. The summed E-state index contributed by atoms with van der Waals surface area (Å²) in [5.74, 6) is 0.502. The van der Waals surface area contributed by atoms with E-state index >= 15 is 0 Å². The van der Waals surface area contributed by atoms with Crippen LogP contribution in [0.5, 0.6) is 0 Å². The standard InChI is InChI=1S/C8H18BO4P.Li.H/c1-7(2)5-11-14(10,13-9)12-6-8(3)4;;/h7-8H,5-6H2,1-4H3;;/q;+1;-1. The summed E-state index contributed by atoms with van der Waals surface area (Å²) in [5.41, 5.74) is 0. The molecule has 0 N–H and O–H groups in total. The van der Waals surface area contributed by atoms with Crippen LogP contribution in [0.15, 0.2) is 0 Å². The van der Waals surface area contributed by atoms with Gasteiger partial charge in [0, 0.05) is 0 Å². The first kappa shape index (κ1) is 18.1. The van der Waals surface area contributed by atoms with Crippen LogP contribution >= 0.6 is 7.82 Å². The molecule has 0 unspecified atom stereocenters. The number of phosphoric ester groups is 1. The first-order valence-corrected chi connectivity index (χ1v) is 6.13. The van der Waals surface area contributed by atoms with E-state index in [1.54, 1.807) is 0 Å². The molecule has 0 aromatic rings. The summed E-state index contributed by atoms with van der Waals surface area (Å²) in [6.07, 6.45) is 0. The molecule has 0 atom stereocenters. The van der Waals surface area contributed by atoms with Gasteiger partial charge in [-0.3, -0.25) is 9.05 Å². The van der Waals surface area contributed by atoms with E-state index in [1.807, 2.05) is 27.7 Å². The predicted molar refractivity (Wildman–Crippen MR) is 57.1 cm³/mol. The Morgan fingerprint density at radius 3 is 1.67 bits per heavy atom. The summed E-state index contributed by atoms with van der Waals surface area (Å²) < 4.78 is 25.8. The molecule has 2 radical (unpaired) electrons. The first-order chi connectivity index (χ1) is 6.39. The summed E-state index contributed by atoms with van der Waals surface area (Å²) in [7, 11) is 1.34.